The number of rotatable bonds is 4. The molecule has 0 aliphatic heterocycles. The van der Waals surface area contributed by atoms with Gasteiger partial charge in [-0.2, -0.15) is 13.2 Å². The van der Waals surface area contributed by atoms with Gasteiger partial charge in [-0.3, -0.25) is 0 Å². The van der Waals surface area contributed by atoms with Crippen LogP contribution in [0.1, 0.15) is 39.0 Å². The third kappa shape index (κ3) is 4.68. The lowest BCUT2D eigenvalue weighted by Gasteiger charge is -2.25. The van der Waals surface area contributed by atoms with Gasteiger partial charge in [-0.05, 0) is 19.8 Å². The van der Waals surface area contributed by atoms with Crippen LogP contribution >= 0.6 is 0 Å². The number of hydrogen-bond acceptors (Lipinski definition) is 3. The maximum atomic E-state index is 12.2. The molecule has 0 spiro atoms. The molecule has 0 heterocycles. The predicted molar refractivity (Wildman–Crippen MR) is 58.7 cm³/mol. The normalized spacial score (nSPS) is 19.3. The third-order valence-electron chi connectivity index (χ3n) is 2.80. The van der Waals surface area contributed by atoms with Crippen LogP contribution in [0.4, 0.5) is 13.2 Å². The van der Waals surface area contributed by atoms with Crippen molar-refractivity contribution in [3.05, 3.63) is 12.2 Å². The van der Waals surface area contributed by atoms with Crippen molar-refractivity contribution in [3.63, 3.8) is 0 Å². The van der Waals surface area contributed by atoms with Gasteiger partial charge in [0, 0.05) is 0 Å². The summed E-state index contributed by atoms with van der Waals surface area (Å²) in [4.78, 5) is 11.1. The van der Waals surface area contributed by atoms with Crippen LogP contribution < -0.4 is 0 Å². The van der Waals surface area contributed by atoms with Crippen molar-refractivity contribution < 1.29 is 27.4 Å². The number of hydrogen-bond donors (Lipinski definition) is 0. The summed E-state index contributed by atoms with van der Waals surface area (Å²) >= 11 is 0. The van der Waals surface area contributed by atoms with Gasteiger partial charge in [0.05, 0.1) is 6.10 Å². The van der Waals surface area contributed by atoms with Crippen molar-refractivity contribution in [2.45, 2.75) is 57.6 Å². The molecule has 0 aromatic rings. The Bertz CT molecular complexity index is 306. The Balaban J connectivity index is 2.37. The number of esters is 1. The summed E-state index contributed by atoms with van der Waals surface area (Å²) in [6.07, 6.45) is -0.897. The number of carbonyl (C=O) groups is 1. The molecule has 0 aromatic heterocycles. The van der Waals surface area contributed by atoms with Crippen LogP contribution in [-0.4, -0.2) is 24.5 Å². The Morgan fingerprint density at radius 2 is 1.83 bits per heavy atom. The minimum atomic E-state index is -4.76. The summed E-state index contributed by atoms with van der Waals surface area (Å²) in [6.45, 7) is 4.08. The fourth-order valence-electron chi connectivity index (χ4n) is 1.84. The summed E-state index contributed by atoms with van der Waals surface area (Å²) in [5.41, 5.74) is -1.51. The van der Waals surface area contributed by atoms with Crippen LogP contribution in [0, 0.1) is 0 Å². The SMILES string of the molecule is C=C(C(=O)OC(C)OC1CCCCC1)C(F)(F)F. The lowest BCUT2D eigenvalue weighted by molar-refractivity contribution is -0.189. The molecule has 1 fully saturated rings. The van der Waals surface area contributed by atoms with Gasteiger partial charge in [0.2, 0.25) is 6.29 Å². The topological polar surface area (TPSA) is 35.5 Å². The van der Waals surface area contributed by atoms with E-state index in [0.717, 1.165) is 32.1 Å². The molecular weight excluding hydrogens is 249 g/mol. The molecule has 1 rings (SSSR count). The second-order valence-corrected chi connectivity index (χ2v) is 4.35. The fraction of sp³-hybridized carbons (Fsp3) is 0.750. The van der Waals surface area contributed by atoms with Gasteiger partial charge in [0.1, 0.15) is 5.57 Å². The van der Waals surface area contributed by atoms with E-state index in [4.69, 9.17) is 4.74 Å². The van der Waals surface area contributed by atoms with Gasteiger partial charge >= 0.3 is 12.1 Å². The van der Waals surface area contributed by atoms with Crippen LogP contribution in [0.5, 0.6) is 0 Å². The molecule has 1 saturated carbocycles. The van der Waals surface area contributed by atoms with Gasteiger partial charge in [0.25, 0.3) is 0 Å². The average Bonchev–Trinajstić information content (AvgIpc) is 2.27. The maximum absolute atomic E-state index is 12.2. The summed E-state index contributed by atoms with van der Waals surface area (Å²) in [5.74, 6) is -1.48. The van der Waals surface area contributed by atoms with Crippen LogP contribution in [0.3, 0.4) is 0 Å². The number of halogens is 3. The van der Waals surface area contributed by atoms with Gasteiger partial charge in [0.15, 0.2) is 0 Å². The second-order valence-electron chi connectivity index (χ2n) is 4.35. The van der Waals surface area contributed by atoms with Crippen molar-refractivity contribution in [1.29, 1.82) is 0 Å². The van der Waals surface area contributed by atoms with Crippen LogP contribution in [0.15, 0.2) is 12.2 Å². The molecule has 1 aliphatic rings. The minimum Gasteiger partial charge on any atom is -0.432 e. The molecule has 3 nitrogen and oxygen atoms in total. The Morgan fingerprint density at radius 1 is 1.28 bits per heavy atom. The smallest absolute Gasteiger partial charge is 0.422 e. The number of ether oxygens (including phenoxy) is 2. The van der Waals surface area contributed by atoms with Crippen molar-refractivity contribution in [1.82, 2.24) is 0 Å². The van der Waals surface area contributed by atoms with E-state index in [9.17, 15) is 18.0 Å². The van der Waals surface area contributed by atoms with Crippen LogP contribution in [0.25, 0.3) is 0 Å². The monoisotopic (exact) mass is 266 g/mol. The van der Waals surface area contributed by atoms with Gasteiger partial charge in [-0.1, -0.05) is 25.8 Å². The Morgan fingerprint density at radius 3 is 2.33 bits per heavy atom. The zero-order chi connectivity index (χ0) is 13.8. The predicted octanol–water partition coefficient (Wildman–Crippen LogP) is 3.34. The van der Waals surface area contributed by atoms with E-state index < -0.39 is 24.0 Å². The van der Waals surface area contributed by atoms with Crippen molar-refractivity contribution in [2.75, 3.05) is 0 Å². The largest absolute Gasteiger partial charge is 0.432 e. The lowest BCUT2D eigenvalue weighted by Crippen LogP contribution is -2.29. The first-order chi connectivity index (χ1) is 8.30. The zero-order valence-corrected chi connectivity index (χ0v) is 10.3. The fourth-order valence-corrected chi connectivity index (χ4v) is 1.84. The first-order valence-electron chi connectivity index (χ1n) is 5.93. The first-order valence-corrected chi connectivity index (χ1v) is 5.93. The molecular formula is C12H17F3O3. The molecule has 1 atom stereocenters. The molecule has 0 amide bonds. The molecule has 1 unspecified atom stereocenters. The second kappa shape index (κ2) is 6.22. The molecule has 6 heteroatoms. The average molecular weight is 266 g/mol. The Kier molecular flexibility index (Phi) is 5.19. The maximum Gasteiger partial charge on any atom is 0.422 e. The zero-order valence-electron chi connectivity index (χ0n) is 10.3. The quantitative estimate of drug-likeness (QED) is 0.445. The Labute approximate surface area is 104 Å². The Hall–Kier alpha value is -1.04. The van der Waals surface area contributed by atoms with E-state index in [1.54, 1.807) is 0 Å². The molecule has 0 aromatic carbocycles. The van der Waals surface area contributed by atoms with E-state index in [1.165, 1.54) is 6.92 Å². The van der Waals surface area contributed by atoms with Gasteiger partial charge in [-0.15, -0.1) is 0 Å². The number of alkyl halides is 3. The van der Waals surface area contributed by atoms with Crippen molar-refractivity contribution in [2.24, 2.45) is 0 Å². The van der Waals surface area contributed by atoms with E-state index in [0.29, 0.717) is 0 Å². The highest BCUT2D eigenvalue weighted by atomic mass is 19.4. The van der Waals surface area contributed by atoms with Crippen LogP contribution in [-0.2, 0) is 14.3 Å². The molecule has 0 bridgehead atoms. The minimum absolute atomic E-state index is 0.0410. The van der Waals surface area contributed by atoms with E-state index in [-0.39, 0.29) is 6.10 Å². The van der Waals surface area contributed by atoms with E-state index >= 15 is 0 Å². The summed E-state index contributed by atoms with van der Waals surface area (Å²) < 4.78 is 46.4. The summed E-state index contributed by atoms with van der Waals surface area (Å²) in [6, 6.07) is 0. The van der Waals surface area contributed by atoms with Crippen molar-refractivity contribution >= 4 is 5.97 Å². The lowest BCUT2D eigenvalue weighted by atomic mass is 9.98. The number of carbonyl (C=O) groups excluding carboxylic acids is 1. The molecule has 1 aliphatic carbocycles. The van der Waals surface area contributed by atoms with E-state index in [1.807, 2.05) is 0 Å². The highest BCUT2D eigenvalue weighted by Gasteiger charge is 2.38. The standard InChI is InChI=1S/C12H17F3O3/c1-8(12(13,14)15)11(16)18-9(2)17-10-6-4-3-5-7-10/h9-10H,1,3-7H2,2H3. The van der Waals surface area contributed by atoms with Crippen LogP contribution in [0.2, 0.25) is 0 Å². The third-order valence-corrected chi connectivity index (χ3v) is 2.80. The molecule has 0 saturated heterocycles. The molecule has 18 heavy (non-hydrogen) atoms. The van der Waals surface area contributed by atoms with Crippen molar-refractivity contribution in [3.8, 4) is 0 Å². The summed E-state index contributed by atoms with van der Waals surface area (Å²) in [5, 5.41) is 0. The molecule has 0 N–H and O–H groups in total. The highest BCUT2D eigenvalue weighted by molar-refractivity contribution is 5.89. The summed E-state index contributed by atoms with van der Waals surface area (Å²) in [7, 11) is 0. The highest BCUT2D eigenvalue weighted by Crippen LogP contribution is 2.26. The molecule has 104 valence electrons. The molecule has 0 radical (unpaired) electrons. The first kappa shape index (κ1) is 15.0. The van der Waals surface area contributed by atoms with E-state index in [2.05, 4.69) is 11.3 Å². The van der Waals surface area contributed by atoms with Gasteiger partial charge in [-0.25, -0.2) is 4.79 Å². The van der Waals surface area contributed by atoms with Gasteiger partial charge < -0.3 is 9.47 Å².